The van der Waals surface area contributed by atoms with E-state index >= 15 is 0 Å². The lowest BCUT2D eigenvalue weighted by atomic mass is 10.1. The summed E-state index contributed by atoms with van der Waals surface area (Å²) in [5.41, 5.74) is -0.582. The highest BCUT2D eigenvalue weighted by Gasteiger charge is 2.18. The number of carbonyl (C=O) groups is 2. The van der Waals surface area contributed by atoms with Crippen molar-refractivity contribution in [2.45, 2.75) is 5.25 Å². The van der Waals surface area contributed by atoms with Gasteiger partial charge in [0, 0.05) is 29.1 Å². The zero-order valence-electron chi connectivity index (χ0n) is 11.1. The summed E-state index contributed by atoms with van der Waals surface area (Å²) >= 11 is 3.65. The molecule has 1 saturated heterocycles. The van der Waals surface area contributed by atoms with Crippen molar-refractivity contribution in [1.82, 2.24) is 5.32 Å². The molecule has 2 rings (SSSR count). The first-order valence-corrected chi connectivity index (χ1v) is 8.54. The number of urea groups is 1. The Kier molecular flexibility index (Phi) is 5.75. The molecule has 0 spiro atoms. The van der Waals surface area contributed by atoms with Crippen LogP contribution in [0.15, 0.2) is 18.2 Å². The molecule has 21 heavy (non-hydrogen) atoms. The van der Waals surface area contributed by atoms with Crippen LogP contribution < -0.4 is 10.6 Å². The molecule has 1 heterocycles. The molecule has 0 saturated carbocycles. The third-order valence-corrected chi connectivity index (χ3v) is 5.70. The molecular formula is C13H15FN2O3S2. The van der Waals surface area contributed by atoms with E-state index in [1.807, 2.05) is 11.8 Å². The van der Waals surface area contributed by atoms with E-state index in [-0.39, 0.29) is 5.69 Å². The summed E-state index contributed by atoms with van der Waals surface area (Å²) in [6, 6.07) is 3.23. The topological polar surface area (TPSA) is 78.4 Å². The number of amides is 2. The molecule has 114 valence electrons. The van der Waals surface area contributed by atoms with Crippen molar-refractivity contribution >= 4 is 41.2 Å². The fraction of sp³-hybridized carbons (Fsp3) is 0.385. The number of aromatic carboxylic acids is 1. The second-order valence-electron chi connectivity index (χ2n) is 4.37. The molecule has 1 unspecified atom stereocenters. The third kappa shape index (κ3) is 4.53. The maximum atomic E-state index is 13.5. The summed E-state index contributed by atoms with van der Waals surface area (Å²) < 4.78 is 13.5. The lowest BCUT2D eigenvalue weighted by molar-refractivity contribution is 0.0693. The van der Waals surface area contributed by atoms with E-state index in [0.717, 1.165) is 23.3 Å². The number of carboxylic acids is 1. The first kappa shape index (κ1) is 16.0. The van der Waals surface area contributed by atoms with Gasteiger partial charge in [0.15, 0.2) is 0 Å². The van der Waals surface area contributed by atoms with Gasteiger partial charge < -0.3 is 15.7 Å². The van der Waals surface area contributed by atoms with Crippen LogP contribution >= 0.6 is 23.5 Å². The van der Waals surface area contributed by atoms with Crippen LogP contribution in [-0.2, 0) is 0 Å². The van der Waals surface area contributed by atoms with Gasteiger partial charge in [0.1, 0.15) is 11.4 Å². The highest BCUT2D eigenvalue weighted by atomic mass is 32.2. The van der Waals surface area contributed by atoms with E-state index < -0.39 is 23.4 Å². The molecule has 0 aromatic heterocycles. The SMILES string of the molecule is O=C(NCC1CSCCS1)Nc1cccc(F)c1C(=O)O. The van der Waals surface area contributed by atoms with Gasteiger partial charge >= 0.3 is 12.0 Å². The number of carbonyl (C=O) groups excluding carboxylic acids is 1. The van der Waals surface area contributed by atoms with Crippen LogP contribution in [-0.4, -0.2) is 46.2 Å². The minimum atomic E-state index is -1.41. The molecule has 5 nitrogen and oxygen atoms in total. The van der Waals surface area contributed by atoms with Crippen molar-refractivity contribution in [1.29, 1.82) is 0 Å². The molecule has 1 aliphatic rings. The Morgan fingerprint density at radius 3 is 2.86 bits per heavy atom. The molecule has 1 aromatic carbocycles. The van der Waals surface area contributed by atoms with E-state index in [1.165, 1.54) is 12.1 Å². The zero-order valence-corrected chi connectivity index (χ0v) is 12.7. The number of benzene rings is 1. The smallest absolute Gasteiger partial charge is 0.340 e. The van der Waals surface area contributed by atoms with Gasteiger partial charge in [-0.1, -0.05) is 6.07 Å². The maximum absolute atomic E-state index is 13.5. The number of anilines is 1. The second-order valence-corrected chi connectivity index (χ2v) is 6.93. The first-order chi connectivity index (χ1) is 10.1. The lowest BCUT2D eigenvalue weighted by Gasteiger charge is -2.21. The fourth-order valence-electron chi connectivity index (χ4n) is 1.87. The molecule has 0 radical (unpaired) electrons. The number of rotatable bonds is 4. The highest BCUT2D eigenvalue weighted by Crippen LogP contribution is 2.23. The lowest BCUT2D eigenvalue weighted by Crippen LogP contribution is -2.36. The average Bonchev–Trinajstić information content (AvgIpc) is 2.46. The Morgan fingerprint density at radius 2 is 2.19 bits per heavy atom. The van der Waals surface area contributed by atoms with Crippen LogP contribution in [0.4, 0.5) is 14.9 Å². The zero-order chi connectivity index (χ0) is 15.2. The highest BCUT2D eigenvalue weighted by molar-refractivity contribution is 8.06. The van der Waals surface area contributed by atoms with Crippen LogP contribution in [0.3, 0.4) is 0 Å². The molecule has 8 heteroatoms. The van der Waals surface area contributed by atoms with Crippen molar-refractivity contribution in [2.75, 3.05) is 29.1 Å². The Balaban J connectivity index is 1.93. The van der Waals surface area contributed by atoms with Crippen molar-refractivity contribution in [3.8, 4) is 0 Å². The number of thioether (sulfide) groups is 2. The van der Waals surface area contributed by atoms with Gasteiger partial charge in [-0.2, -0.15) is 23.5 Å². The standard InChI is InChI=1S/C13H15FN2O3S2/c14-9-2-1-3-10(11(9)12(17)18)16-13(19)15-6-8-7-20-4-5-21-8/h1-3,8H,4-7H2,(H,17,18)(H2,15,16,19). The average molecular weight is 330 g/mol. The maximum Gasteiger partial charge on any atom is 0.340 e. The van der Waals surface area contributed by atoms with Gasteiger partial charge in [-0.25, -0.2) is 14.0 Å². The molecule has 2 amide bonds. The quantitative estimate of drug-likeness (QED) is 0.790. The van der Waals surface area contributed by atoms with E-state index in [2.05, 4.69) is 10.6 Å². The van der Waals surface area contributed by atoms with Crippen molar-refractivity contribution in [3.05, 3.63) is 29.6 Å². The van der Waals surface area contributed by atoms with Crippen LogP contribution in [0.1, 0.15) is 10.4 Å². The summed E-state index contributed by atoms with van der Waals surface area (Å²) in [7, 11) is 0. The van der Waals surface area contributed by atoms with Gasteiger partial charge in [0.2, 0.25) is 0 Å². The summed E-state index contributed by atoms with van der Waals surface area (Å²) in [5.74, 6) is 0.873. The monoisotopic (exact) mass is 330 g/mol. The summed E-state index contributed by atoms with van der Waals surface area (Å²) in [6.07, 6.45) is 0. The molecular weight excluding hydrogens is 315 g/mol. The molecule has 0 aliphatic carbocycles. The molecule has 1 aromatic rings. The minimum Gasteiger partial charge on any atom is -0.478 e. The minimum absolute atomic E-state index is 0.0503. The molecule has 1 fully saturated rings. The van der Waals surface area contributed by atoms with Gasteiger partial charge in [-0.05, 0) is 12.1 Å². The van der Waals surface area contributed by atoms with Crippen LogP contribution in [0.25, 0.3) is 0 Å². The molecule has 1 aliphatic heterocycles. The third-order valence-electron chi connectivity index (χ3n) is 2.85. The van der Waals surface area contributed by atoms with E-state index in [1.54, 1.807) is 11.8 Å². The second kappa shape index (κ2) is 7.56. The Bertz CT molecular complexity index is 536. The summed E-state index contributed by atoms with van der Waals surface area (Å²) in [5, 5.41) is 14.4. The van der Waals surface area contributed by atoms with Crippen molar-refractivity contribution in [2.24, 2.45) is 0 Å². The van der Waals surface area contributed by atoms with Crippen LogP contribution in [0.5, 0.6) is 0 Å². The van der Waals surface area contributed by atoms with E-state index in [9.17, 15) is 14.0 Å². The van der Waals surface area contributed by atoms with Gasteiger partial charge in [-0.15, -0.1) is 0 Å². The fourth-order valence-corrected chi connectivity index (χ4v) is 4.48. The van der Waals surface area contributed by atoms with Crippen molar-refractivity contribution in [3.63, 3.8) is 0 Å². The molecule has 3 N–H and O–H groups in total. The van der Waals surface area contributed by atoms with Crippen LogP contribution in [0.2, 0.25) is 0 Å². The largest absolute Gasteiger partial charge is 0.478 e. The summed E-state index contributed by atoms with van der Waals surface area (Å²) in [4.78, 5) is 22.8. The van der Waals surface area contributed by atoms with Gasteiger partial charge in [-0.3, -0.25) is 0 Å². The Labute approximate surface area is 130 Å². The Hall–Kier alpha value is -1.41. The molecule has 1 atom stereocenters. The van der Waals surface area contributed by atoms with E-state index in [0.29, 0.717) is 11.8 Å². The normalized spacial score (nSPS) is 18.0. The predicted molar refractivity (Wildman–Crippen MR) is 84.0 cm³/mol. The van der Waals surface area contributed by atoms with E-state index in [4.69, 9.17) is 5.11 Å². The predicted octanol–water partition coefficient (Wildman–Crippen LogP) is 2.49. The van der Waals surface area contributed by atoms with Gasteiger partial charge in [0.25, 0.3) is 0 Å². The first-order valence-electron chi connectivity index (χ1n) is 6.34. The number of hydrogen-bond donors (Lipinski definition) is 3. The number of halogens is 1. The molecule has 0 bridgehead atoms. The Morgan fingerprint density at radius 1 is 1.38 bits per heavy atom. The number of carboxylic acid groups (broad SMARTS) is 1. The number of nitrogens with one attached hydrogen (secondary N) is 2. The van der Waals surface area contributed by atoms with Crippen LogP contribution in [0, 0.1) is 5.82 Å². The van der Waals surface area contributed by atoms with Gasteiger partial charge in [0.05, 0.1) is 5.69 Å². The summed E-state index contributed by atoms with van der Waals surface area (Å²) in [6.45, 7) is 0.501. The van der Waals surface area contributed by atoms with Crippen molar-refractivity contribution < 1.29 is 19.1 Å². The number of hydrogen-bond acceptors (Lipinski definition) is 4.